The highest BCUT2D eigenvalue weighted by atomic mass is 79.9. The van der Waals surface area contributed by atoms with Gasteiger partial charge in [0, 0.05) is 16.6 Å². The first-order valence-electron chi connectivity index (χ1n) is 5.45. The fraction of sp³-hybridized carbons (Fsp3) is 0.143. The molecule has 0 aromatic heterocycles. The quantitative estimate of drug-likeness (QED) is 0.878. The normalized spacial score (nSPS) is 9.67. The number of benzene rings is 2. The van der Waals surface area contributed by atoms with Crippen molar-refractivity contribution in [2.24, 2.45) is 5.73 Å². The fourth-order valence-corrected chi connectivity index (χ4v) is 1.99. The average Bonchev–Trinajstić information content (AvgIpc) is 2.38. The van der Waals surface area contributed by atoms with Gasteiger partial charge in [-0.05, 0) is 23.8 Å². The van der Waals surface area contributed by atoms with E-state index in [0.29, 0.717) is 13.2 Å². The third-order valence-corrected chi connectivity index (χ3v) is 2.97. The number of hydrogen-bond donors (Lipinski definition) is 1. The molecule has 2 N–H and O–H groups in total. The van der Waals surface area contributed by atoms with Crippen LogP contribution in [0.4, 0.5) is 0 Å². The fourth-order valence-electron chi connectivity index (χ4n) is 1.58. The first-order valence-corrected chi connectivity index (χ1v) is 6.24. The molecule has 18 heavy (non-hydrogen) atoms. The molecule has 2 nitrogen and oxygen atoms in total. The summed E-state index contributed by atoms with van der Waals surface area (Å²) in [5.41, 5.74) is 7.85. The van der Waals surface area contributed by atoms with E-state index in [2.05, 4.69) is 15.9 Å². The first kappa shape index (κ1) is 15.2. The van der Waals surface area contributed by atoms with E-state index < -0.39 is 0 Å². The molecule has 4 heteroatoms. The zero-order chi connectivity index (χ0) is 12.1. The van der Waals surface area contributed by atoms with E-state index in [4.69, 9.17) is 10.5 Å². The van der Waals surface area contributed by atoms with Gasteiger partial charge in [0.05, 0.1) is 0 Å². The summed E-state index contributed by atoms with van der Waals surface area (Å²) < 4.78 is 6.79. The predicted octanol–water partition coefficient (Wildman–Crippen LogP) is 4.06. The summed E-state index contributed by atoms with van der Waals surface area (Å²) in [6, 6.07) is 16.0. The molecular weight excluding hydrogens is 358 g/mol. The summed E-state index contributed by atoms with van der Waals surface area (Å²) >= 11 is 3.42. The first-order chi connectivity index (χ1) is 8.29. The molecule has 2 aromatic carbocycles. The molecule has 0 atom stereocenters. The Balaban J connectivity index is 0.00000162. The van der Waals surface area contributed by atoms with Gasteiger partial charge in [0.1, 0.15) is 12.4 Å². The number of halogens is 2. The van der Waals surface area contributed by atoms with Crippen LogP contribution in [-0.4, -0.2) is 0 Å². The molecule has 0 saturated carbocycles. The van der Waals surface area contributed by atoms with Crippen molar-refractivity contribution in [2.45, 2.75) is 13.2 Å². The molecule has 0 unspecified atom stereocenters. The average molecular weight is 373 g/mol. The number of rotatable bonds is 4. The number of ether oxygens (including phenoxy) is 1. The van der Waals surface area contributed by atoms with Gasteiger partial charge in [-0.3, -0.25) is 0 Å². The Bertz CT molecular complexity index is 488. The summed E-state index contributed by atoms with van der Waals surface area (Å²) in [5, 5.41) is 0. The van der Waals surface area contributed by atoms with Crippen LogP contribution in [0.2, 0.25) is 0 Å². The second-order valence-corrected chi connectivity index (χ2v) is 4.65. The van der Waals surface area contributed by atoms with Gasteiger partial charge >= 0.3 is 0 Å². The molecule has 0 aliphatic rings. The zero-order valence-corrected chi connectivity index (χ0v) is 13.1. The second kappa shape index (κ2) is 7.56. The van der Waals surface area contributed by atoms with E-state index in [1.54, 1.807) is 0 Å². The van der Waals surface area contributed by atoms with Crippen molar-refractivity contribution in [3.8, 4) is 5.75 Å². The van der Waals surface area contributed by atoms with Crippen LogP contribution >= 0.6 is 32.9 Å². The van der Waals surface area contributed by atoms with Crippen molar-refractivity contribution < 1.29 is 4.74 Å². The maximum Gasteiger partial charge on any atom is 0.124 e. The van der Waals surface area contributed by atoms with Gasteiger partial charge in [-0.1, -0.05) is 46.3 Å². The Kier molecular flexibility index (Phi) is 6.39. The third kappa shape index (κ3) is 4.12. The summed E-state index contributed by atoms with van der Waals surface area (Å²) in [5.74, 6) is 0.847. The lowest BCUT2D eigenvalue weighted by Crippen LogP contribution is -2.02. The van der Waals surface area contributed by atoms with Gasteiger partial charge < -0.3 is 10.5 Å². The molecule has 0 bridgehead atoms. The van der Waals surface area contributed by atoms with Gasteiger partial charge in [0.25, 0.3) is 0 Å². The molecular formula is C14H15Br2NO. The summed E-state index contributed by atoms with van der Waals surface area (Å²) in [6.45, 7) is 1.04. The Morgan fingerprint density at radius 3 is 2.44 bits per heavy atom. The minimum absolute atomic E-state index is 0. The zero-order valence-electron chi connectivity index (χ0n) is 9.80. The van der Waals surface area contributed by atoms with Gasteiger partial charge in [0.2, 0.25) is 0 Å². The molecule has 2 rings (SSSR count). The number of hydrogen-bond acceptors (Lipinski definition) is 2. The Morgan fingerprint density at radius 2 is 1.78 bits per heavy atom. The van der Waals surface area contributed by atoms with Crippen molar-refractivity contribution in [3.05, 3.63) is 64.1 Å². The van der Waals surface area contributed by atoms with Crippen molar-refractivity contribution in [1.82, 2.24) is 0 Å². The number of nitrogens with two attached hydrogens (primary N) is 1. The Hall–Kier alpha value is -0.840. The third-order valence-electron chi connectivity index (χ3n) is 2.48. The highest BCUT2D eigenvalue weighted by molar-refractivity contribution is 9.10. The van der Waals surface area contributed by atoms with Crippen LogP contribution in [0.15, 0.2) is 53.0 Å². The van der Waals surface area contributed by atoms with E-state index in [0.717, 1.165) is 21.3 Å². The molecule has 0 fully saturated rings. The van der Waals surface area contributed by atoms with Crippen LogP contribution in [-0.2, 0) is 13.2 Å². The lowest BCUT2D eigenvalue weighted by atomic mass is 10.2. The monoisotopic (exact) mass is 371 g/mol. The van der Waals surface area contributed by atoms with Gasteiger partial charge in [-0.15, -0.1) is 17.0 Å². The van der Waals surface area contributed by atoms with Crippen molar-refractivity contribution in [3.63, 3.8) is 0 Å². The Morgan fingerprint density at radius 1 is 1.06 bits per heavy atom. The molecule has 0 spiro atoms. The lowest BCUT2D eigenvalue weighted by Gasteiger charge is -2.10. The van der Waals surface area contributed by atoms with E-state index in [9.17, 15) is 0 Å². The van der Waals surface area contributed by atoms with Crippen LogP contribution in [0.25, 0.3) is 0 Å². The van der Waals surface area contributed by atoms with Crippen LogP contribution in [0.3, 0.4) is 0 Å². The van der Waals surface area contributed by atoms with E-state index in [-0.39, 0.29) is 17.0 Å². The van der Waals surface area contributed by atoms with Crippen LogP contribution in [0, 0.1) is 0 Å². The molecule has 0 amide bonds. The standard InChI is InChI=1S/C14H14BrNO.BrH/c15-13-6-7-14(12(8-13)9-16)17-10-11-4-2-1-3-5-11;/h1-8H,9-10,16H2;1H. The summed E-state index contributed by atoms with van der Waals surface area (Å²) in [6.07, 6.45) is 0. The SMILES string of the molecule is Br.NCc1cc(Br)ccc1OCc1ccccc1. The smallest absolute Gasteiger partial charge is 0.124 e. The maximum absolute atomic E-state index is 5.77. The van der Waals surface area contributed by atoms with Crippen molar-refractivity contribution >= 4 is 32.9 Å². The van der Waals surface area contributed by atoms with Gasteiger partial charge in [0.15, 0.2) is 0 Å². The van der Waals surface area contributed by atoms with Crippen LogP contribution < -0.4 is 10.5 Å². The molecule has 0 aliphatic heterocycles. The largest absolute Gasteiger partial charge is 0.489 e. The molecule has 0 saturated heterocycles. The minimum atomic E-state index is 0. The minimum Gasteiger partial charge on any atom is -0.489 e. The predicted molar refractivity (Wildman–Crippen MR) is 83.1 cm³/mol. The molecule has 0 radical (unpaired) electrons. The van der Waals surface area contributed by atoms with Crippen molar-refractivity contribution in [1.29, 1.82) is 0 Å². The van der Waals surface area contributed by atoms with Crippen LogP contribution in [0.1, 0.15) is 11.1 Å². The van der Waals surface area contributed by atoms with E-state index in [1.165, 1.54) is 0 Å². The molecule has 2 aromatic rings. The topological polar surface area (TPSA) is 35.2 Å². The van der Waals surface area contributed by atoms with E-state index in [1.807, 2.05) is 48.5 Å². The second-order valence-electron chi connectivity index (χ2n) is 3.73. The molecule has 0 heterocycles. The van der Waals surface area contributed by atoms with Crippen LogP contribution in [0.5, 0.6) is 5.75 Å². The Labute approximate surface area is 126 Å². The van der Waals surface area contributed by atoms with Crippen molar-refractivity contribution in [2.75, 3.05) is 0 Å². The van der Waals surface area contributed by atoms with Gasteiger partial charge in [-0.2, -0.15) is 0 Å². The molecule has 0 aliphatic carbocycles. The highest BCUT2D eigenvalue weighted by Crippen LogP contribution is 2.23. The molecule has 96 valence electrons. The highest BCUT2D eigenvalue weighted by Gasteiger charge is 2.03. The lowest BCUT2D eigenvalue weighted by molar-refractivity contribution is 0.303. The summed E-state index contributed by atoms with van der Waals surface area (Å²) in [7, 11) is 0. The summed E-state index contributed by atoms with van der Waals surface area (Å²) in [4.78, 5) is 0. The van der Waals surface area contributed by atoms with E-state index >= 15 is 0 Å². The maximum atomic E-state index is 5.77. The van der Waals surface area contributed by atoms with Gasteiger partial charge in [-0.25, -0.2) is 0 Å².